The molecule has 0 fully saturated rings. The van der Waals surface area contributed by atoms with Gasteiger partial charge < -0.3 is 4.42 Å². The van der Waals surface area contributed by atoms with Crippen LogP contribution in [0.1, 0.15) is 29.5 Å². The first kappa shape index (κ1) is 13.6. The van der Waals surface area contributed by atoms with E-state index in [0.29, 0.717) is 6.54 Å². The van der Waals surface area contributed by atoms with Crippen LogP contribution in [0.25, 0.3) is 0 Å². The van der Waals surface area contributed by atoms with Gasteiger partial charge in [0.15, 0.2) is 5.78 Å². The molecule has 3 heteroatoms. The van der Waals surface area contributed by atoms with Crippen molar-refractivity contribution >= 4 is 5.78 Å². The number of carbonyl (C=O) groups excluding carboxylic acids is 1. The zero-order chi connectivity index (χ0) is 13.7. The van der Waals surface area contributed by atoms with Gasteiger partial charge in [0, 0.05) is 5.56 Å². The molecule has 19 heavy (non-hydrogen) atoms. The van der Waals surface area contributed by atoms with Crippen molar-refractivity contribution in [2.75, 3.05) is 7.05 Å². The van der Waals surface area contributed by atoms with Crippen LogP contribution in [0.2, 0.25) is 0 Å². The highest BCUT2D eigenvalue weighted by Crippen LogP contribution is 2.14. The molecule has 0 bridgehead atoms. The summed E-state index contributed by atoms with van der Waals surface area (Å²) in [7, 11) is 1.96. The zero-order valence-corrected chi connectivity index (χ0v) is 11.4. The lowest BCUT2D eigenvalue weighted by atomic mass is 10.0. The first-order valence-corrected chi connectivity index (χ1v) is 6.54. The van der Waals surface area contributed by atoms with E-state index >= 15 is 0 Å². The van der Waals surface area contributed by atoms with E-state index in [1.807, 2.05) is 61.3 Å². The Morgan fingerprint density at radius 2 is 1.95 bits per heavy atom. The van der Waals surface area contributed by atoms with Crippen LogP contribution in [-0.4, -0.2) is 23.8 Å². The molecule has 0 saturated heterocycles. The van der Waals surface area contributed by atoms with Crippen molar-refractivity contribution in [2.45, 2.75) is 25.9 Å². The molecule has 0 aliphatic rings. The van der Waals surface area contributed by atoms with Crippen molar-refractivity contribution in [1.29, 1.82) is 0 Å². The van der Waals surface area contributed by atoms with E-state index < -0.39 is 0 Å². The molecule has 1 unspecified atom stereocenters. The van der Waals surface area contributed by atoms with E-state index in [0.717, 1.165) is 17.7 Å². The van der Waals surface area contributed by atoms with Crippen molar-refractivity contribution in [2.24, 2.45) is 0 Å². The van der Waals surface area contributed by atoms with Gasteiger partial charge in [0.2, 0.25) is 0 Å². The van der Waals surface area contributed by atoms with Gasteiger partial charge in [0.1, 0.15) is 5.76 Å². The van der Waals surface area contributed by atoms with E-state index in [1.54, 1.807) is 6.26 Å². The molecule has 100 valence electrons. The van der Waals surface area contributed by atoms with Gasteiger partial charge in [-0.2, -0.15) is 0 Å². The maximum absolute atomic E-state index is 12.5. The third-order valence-electron chi connectivity index (χ3n) is 3.27. The Morgan fingerprint density at radius 3 is 2.53 bits per heavy atom. The minimum Gasteiger partial charge on any atom is -0.468 e. The van der Waals surface area contributed by atoms with Crippen molar-refractivity contribution in [3.05, 3.63) is 60.1 Å². The lowest BCUT2D eigenvalue weighted by Gasteiger charge is -2.25. The molecule has 1 heterocycles. The molecule has 1 aromatic heterocycles. The number of hydrogen-bond donors (Lipinski definition) is 0. The molecule has 2 rings (SSSR count). The first-order valence-electron chi connectivity index (χ1n) is 6.54. The molecule has 1 atom stereocenters. The number of carbonyl (C=O) groups is 1. The Kier molecular flexibility index (Phi) is 4.53. The summed E-state index contributed by atoms with van der Waals surface area (Å²) >= 11 is 0. The number of nitrogens with zero attached hydrogens (tertiary/aromatic N) is 1. The maximum atomic E-state index is 12.5. The third-order valence-corrected chi connectivity index (χ3v) is 3.27. The van der Waals surface area contributed by atoms with Crippen LogP contribution in [0, 0.1) is 0 Å². The van der Waals surface area contributed by atoms with Gasteiger partial charge >= 0.3 is 0 Å². The Bertz CT molecular complexity index is 505. The summed E-state index contributed by atoms with van der Waals surface area (Å²) in [6, 6.07) is 13.1. The number of likely N-dealkylation sites (N-methyl/N-ethyl adjacent to an activating group) is 1. The maximum Gasteiger partial charge on any atom is 0.179 e. The number of benzene rings is 1. The molecule has 0 N–H and O–H groups in total. The van der Waals surface area contributed by atoms with Gasteiger partial charge in [-0.25, -0.2) is 0 Å². The largest absolute Gasteiger partial charge is 0.468 e. The quantitative estimate of drug-likeness (QED) is 0.744. The van der Waals surface area contributed by atoms with Crippen molar-refractivity contribution in [3.8, 4) is 0 Å². The third kappa shape index (κ3) is 3.32. The van der Waals surface area contributed by atoms with E-state index in [-0.39, 0.29) is 11.8 Å². The van der Waals surface area contributed by atoms with Gasteiger partial charge in [0.05, 0.1) is 18.8 Å². The van der Waals surface area contributed by atoms with Crippen LogP contribution in [0.5, 0.6) is 0 Å². The van der Waals surface area contributed by atoms with Gasteiger partial charge in [-0.05, 0) is 25.6 Å². The molecule has 2 aromatic rings. The van der Waals surface area contributed by atoms with Crippen molar-refractivity contribution < 1.29 is 9.21 Å². The average Bonchev–Trinajstić information content (AvgIpc) is 2.93. The highest BCUT2D eigenvalue weighted by molar-refractivity contribution is 6.00. The molecule has 0 spiro atoms. The molecule has 0 saturated carbocycles. The summed E-state index contributed by atoms with van der Waals surface area (Å²) in [4.78, 5) is 14.5. The van der Waals surface area contributed by atoms with Crippen LogP contribution < -0.4 is 0 Å². The van der Waals surface area contributed by atoms with Crippen LogP contribution >= 0.6 is 0 Å². The van der Waals surface area contributed by atoms with E-state index in [9.17, 15) is 4.79 Å². The molecular weight excluding hydrogens is 238 g/mol. The van der Waals surface area contributed by atoms with Gasteiger partial charge in [-0.1, -0.05) is 37.3 Å². The normalized spacial score (nSPS) is 12.6. The Morgan fingerprint density at radius 1 is 1.21 bits per heavy atom. The topological polar surface area (TPSA) is 33.5 Å². The van der Waals surface area contributed by atoms with Crippen LogP contribution in [0.15, 0.2) is 53.1 Å². The number of rotatable bonds is 6. The van der Waals surface area contributed by atoms with Crippen molar-refractivity contribution in [1.82, 2.24) is 4.90 Å². The summed E-state index contributed by atoms with van der Waals surface area (Å²) in [6.45, 7) is 2.67. The van der Waals surface area contributed by atoms with Crippen LogP contribution in [0.4, 0.5) is 0 Å². The zero-order valence-electron chi connectivity index (χ0n) is 11.4. The standard InChI is InChI=1S/C16H19NO2/c1-3-15(16(18)13-8-5-4-6-9-13)17(2)12-14-10-7-11-19-14/h4-11,15H,3,12H2,1-2H3. The molecule has 0 aliphatic carbocycles. The van der Waals surface area contributed by atoms with E-state index in [2.05, 4.69) is 0 Å². The van der Waals surface area contributed by atoms with Gasteiger partial charge in [0.25, 0.3) is 0 Å². The summed E-state index contributed by atoms with van der Waals surface area (Å²) in [5.41, 5.74) is 0.764. The Balaban J connectivity index is 2.09. The molecule has 0 aliphatic heterocycles. The smallest absolute Gasteiger partial charge is 0.179 e. The minimum atomic E-state index is -0.118. The fourth-order valence-corrected chi connectivity index (χ4v) is 2.25. The van der Waals surface area contributed by atoms with Gasteiger partial charge in [-0.15, -0.1) is 0 Å². The Hall–Kier alpha value is -1.87. The second-order valence-corrected chi connectivity index (χ2v) is 4.65. The number of ketones is 1. The molecule has 0 amide bonds. The summed E-state index contributed by atoms with van der Waals surface area (Å²) < 4.78 is 5.33. The number of furan rings is 1. The van der Waals surface area contributed by atoms with Gasteiger partial charge in [-0.3, -0.25) is 9.69 Å². The lowest BCUT2D eigenvalue weighted by Crippen LogP contribution is -2.37. The highest BCUT2D eigenvalue weighted by atomic mass is 16.3. The van der Waals surface area contributed by atoms with Crippen molar-refractivity contribution in [3.63, 3.8) is 0 Å². The fourth-order valence-electron chi connectivity index (χ4n) is 2.25. The van der Waals surface area contributed by atoms with E-state index in [4.69, 9.17) is 4.42 Å². The highest BCUT2D eigenvalue weighted by Gasteiger charge is 2.22. The predicted octanol–water partition coefficient (Wildman–Crippen LogP) is 3.37. The summed E-state index contributed by atoms with van der Waals surface area (Å²) in [5.74, 6) is 1.04. The summed E-state index contributed by atoms with van der Waals surface area (Å²) in [5, 5.41) is 0. The molecule has 1 aromatic carbocycles. The second kappa shape index (κ2) is 6.34. The fraction of sp³-hybridized carbons (Fsp3) is 0.312. The predicted molar refractivity (Wildman–Crippen MR) is 75.0 cm³/mol. The Labute approximate surface area is 113 Å². The van der Waals surface area contributed by atoms with Crippen LogP contribution in [-0.2, 0) is 6.54 Å². The second-order valence-electron chi connectivity index (χ2n) is 4.65. The van der Waals surface area contributed by atoms with E-state index in [1.165, 1.54) is 0 Å². The molecule has 0 radical (unpaired) electrons. The first-order chi connectivity index (χ1) is 9.22. The average molecular weight is 257 g/mol. The monoisotopic (exact) mass is 257 g/mol. The SMILES string of the molecule is CCC(C(=O)c1ccccc1)N(C)Cc1ccco1. The lowest BCUT2D eigenvalue weighted by molar-refractivity contribution is 0.0831. The molecular formula is C16H19NO2. The minimum absolute atomic E-state index is 0.118. The molecule has 3 nitrogen and oxygen atoms in total. The number of hydrogen-bond acceptors (Lipinski definition) is 3. The number of Topliss-reactive ketones (excluding diaryl/α,β-unsaturated/α-hetero) is 1. The summed E-state index contributed by atoms with van der Waals surface area (Å²) in [6.07, 6.45) is 2.44. The van der Waals surface area contributed by atoms with Crippen LogP contribution in [0.3, 0.4) is 0 Å².